The Morgan fingerprint density at radius 1 is 0.491 bits per heavy atom. The van der Waals surface area contributed by atoms with Crippen LogP contribution in [0.15, 0.2) is 189 Å². The molecule has 0 saturated carbocycles. The first-order valence-corrected chi connectivity index (χ1v) is 19.8. The van der Waals surface area contributed by atoms with Crippen LogP contribution in [0.2, 0.25) is 0 Å². The van der Waals surface area contributed by atoms with Gasteiger partial charge >= 0.3 is 327 Å². The molecule has 0 aliphatic heterocycles. The molecule has 2 aromatic heterocycles. The number of fused-ring (bicyclic) bond motifs is 10. The Balaban J connectivity index is 0.00000198. The summed E-state index contributed by atoms with van der Waals surface area (Å²) in [4.78, 5) is 0. The molecule has 55 heavy (non-hydrogen) atoms. The predicted octanol–water partition coefficient (Wildman–Crippen LogP) is 6.58. The zero-order valence-corrected chi connectivity index (χ0v) is 34.4. The van der Waals surface area contributed by atoms with Crippen molar-refractivity contribution in [2.45, 2.75) is 25.7 Å². The third kappa shape index (κ3) is 5.03. The summed E-state index contributed by atoms with van der Waals surface area (Å²) in [5.74, 6) is 0.198. The predicted molar refractivity (Wildman–Crippen MR) is 215 cm³/mol. The van der Waals surface area contributed by atoms with Crippen LogP contribution in [-0.2, 0) is 24.7 Å². The zero-order chi connectivity index (χ0) is 35.4. The molecule has 2 nitrogen and oxygen atoms in total. The molecule has 0 radical (unpaired) electrons. The van der Waals surface area contributed by atoms with Crippen molar-refractivity contribution in [3.63, 3.8) is 0 Å². The molecular formula is C50H35Cl2N2Zr. The van der Waals surface area contributed by atoms with Crippen molar-refractivity contribution in [3.8, 4) is 33.9 Å². The standard InChI is InChI=1S/C50H35N2.2ClH.Zr/c1-31(2)32-29-41(45-35-21-9-11-23-37(35)49-47(45)39-25-13-15-27-43(39)51(49)33-17-5-3-6-18-33)42(30-32)46-36-22-10-12-24-38(36)50-48(46)40-26-14-16-28-44(40)52(50)34-19-7-4-8-20-34;;;/h3-29,45-46H,1-2H3;2*1H;/q;;;+2/p-2. The van der Waals surface area contributed by atoms with Crippen molar-refractivity contribution in [3.05, 3.63) is 212 Å². The molecule has 0 amide bonds. The van der Waals surface area contributed by atoms with Gasteiger partial charge in [0.25, 0.3) is 0 Å². The number of aromatic nitrogens is 2. The number of nitrogens with zero attached hydrogens (tertiary/aromatic N) is 2. The van der Waals surface area contributed by atoms with Crippen molar-refractivity contribution in [1.82, 2.24) is 9.13 Å². The summed E-state index contributed by atoms with van der Waals surface area (Å²) >= 11 is 1.45. The minimum Gasteiger partial charge on any atom is -1.00 e. The molecule has 2 heterocycles. The summed E-state index contributed by atoms with van der Waals surface area (Å²) in [6.07, 6.45) is 2.58. The number of hydrogen-bond acceptors (Lipinski definition) is 0. The Kier molecular flexibility index (Phi) is 8.89. The van der Waals surface area contributed by atoms with Crippen molar-refractivity contribution in [2.24, 2.45) is 0 Å². The van der Waals surface area contributed by atoms with E-state index in [4.69, 9.17) is 0 Å². The number of benzene rings is 6. The van der Waals surface area contributed by atoms with E-state index in [1.54, 1.807) is 0 Å². The number of rotatable bonds is 4. The first-order valence-electron chi connectivity index (χ1n) is 18.5. The fourth-order valence-corrected chi connectivity index (χ4v) is 11.2. The van der Waals surface area contributed by atoms with Crippen LogP contribution in [0, 0.1) is 0 Å². The van der Waals surface area contributed by atoms with Gasteiger partial charge in [0.1, 0.15) is 0 Å². The Morgan fingerprint density at radius 2 is 0.909 bits per heavy atom. The molecule has 0 fully saturated rings. The SMILES string of the molecule is CC(C)=C1C=C(C2c3ccccc3-c3c2c2ccccc2n3-c2ccccc2)C(C2c3ccccc3-c3c2c2ccccc2n3-c2ccccc2)=[C]1[Zr+2].[Cl-].[Cl-]. The van der Waals surface area contributed by atoms with E-state index in [-0.39, 0.29) is 36.6 Å². The second-order valence-corrected chi connectivity index (χ2v) is 16.0. The summed E-state index contributed by atoms with van der Waals surface area (Å²) in [6.45, 7) is 4.59. The van der Waals surface area contributed by atoms with Gasteiger partial charge in [-0.25, -0.2) is 0 Å². The van der Waals surface area contributed by atoms with Crippen molar-refractivity contribution < 1.29 is 49.5 Å². The van der Waals surface area contributed by atoms with E-state index >= 15 is 0 Å². The maximum Gasteiger partial charge on any atom is -1.00 e. The summed E-state index contributed by atoms with van der Waals surface area (Å²) in [6, 6.07) is 58.4. The van der Waals surface area contributed by atoms with Crippen molar-refractivity contribution >= 4 is 21.8 Å². The average molecular weight is 826 g/mol. The van der Waals surface area contributed by atoms with Crippen LogP contribution in [0.1, 0.15) is 47.9 Å². The maximum atomic E-state index is 2.58. The van der Waals surface area contributed by atoms with Gasteiger partial charge in [-0.1, -0.05) is 0 Å². The smallest absolute Gasteiger partial charge is 1.00 e. The van der Waals surface area contributed by atoms with Gasteiger partial charge in [-0.15, -0.1) is 0 Å². The van der Waals surface area contributed by atoms with Gasteiger partial charge in [-0.3, -0.25) is 0 Å². The normalized spacial score (nSPS) is 16.4. The van der Waals surface area contributed by atoms with Crippen LogP contribution in [-0.4, -0.2) is 9.13 Å². The second-order valence-electron chi connectivity index (χ2n) is 14.7. The molecular weight excluding hydrogens is 791 g/mol. The zero-order valence-electron chi connectivity index (χ0n) is 30.4. The van der Waals surface area contributed by atoms with Crippen LogP contribution in [0.25, 0.3) is 55.7 Å². The first-order chi connectivity index (χ1) is 26.1. The van der Waals surface area contributed by atoms with Crippen molar-refractivity contribution in [1.29, 1.82) is 0 Å². The van der Waals surface area contributed by atoms with Crippen LogP contribution in [0.3, 0.4) is 0 Å². The molecule has 0 N–H and O–H groups in total. The largest absolute Gasteiger partial charge is 1.00 e. The van der Waals surface area contributed by atoms with E-state index < -0.39 is 0 Å². The first kappa shape index (κ1) is 35.8. The Hall–Kier alpha value is -4.92. The fourth-order valence-electron chi connectivity index (χ4n) is 9.74. The van der Waals surface area contributed by atoms with Crippen LogP contribution < -0.4 is 24.8 Å². The maximum absolute atomic E-state index is 2.58. The number of allylic oxidation sites excluding steroid dienone is 6. The molecule has 0 saturated heterocycles. The number of halogens is 2. The summed E-state index contributed by atoms with van der Waals surface area (Å²) < 4.78 is 6.51. The quantitative estimate of drug-likeness (QED) is 0.190. The topological polar surface area (TPSA) is 9.86 Å². The van der Waals surface area contributed by atoms with Crippen LogP contribution in [0.4, 0.5) is 0 Å². The third-order valence-electron chi connectivity index (χ3n) is 11.8. The molecule has 0 spiro atoms. The number of para-hydroxylation sites is 4. The molecule has 5 heteroatoms. The van der Waals surface area contributed by atoms with Gasteiger partial charge in [-0.2, -0.15) is 0 Å². The van der Waals surface area contributed by atoms with E-state index in [9.17, 15) is 0 Å². The van der Waals surface area contributed by atoms with Crippen molar-refractivity contribution in [2.75, 3.05) is 0 Å². The second kappa shape index (κ2) is 13.7. The van der Waals surface area contributed by atoms with Gasteiger partial charge in [-0.05, 0) is 0 Å². The molecule has 263 valence electrons. The fraction of sp³-hybridized carbons (Fsp3) is 0.0800. The van der Waals surface area contributed by atoms with Gasteiger partial charge in [0.2, 0.25) is 0 Å². The minimum atomic E-state index is 0. The molecule has 11 rings (SSSR count). The molecule has 2 unspecified atom stereocenters. The molecule has 3 aliphatic rings. The Morgan fingerprint density at radius 3 is 1.42 bits per heavy atom. The van der Waals surface area contributed by atoms with E-state index in [0.29, 0.717) is 0 Å². The third-order valence-corrected chi connectivity index (χ3v) is 13.1. The summed E-state index contributed by atoms with van der Waals surface area (Å²) in [7, 11) is 0. The Bertz CT molecular complexity index is 2920. The van der Waals surface area contributed by atoms with Gasteiger partial charge < -0.3 is 24.8 Å². The van der Waals surface area contributed by atoms with Crippen LogP contribution >= 0.6 is 0 Å². The molecule has 2 atom stereocenters. The minimum absolute atomic E-state index is 0. The molecule has 3 aliphatic carbocycles. The van der Waals surface area contributed by atoms with Gasteiger partial charge in [0.05, 0.1) is 0 Å². The van der Waals surface area contributed by atoms with E-state index in [1.807, 2.05) is 0 Å². The average Bonchev–Trinajstić information content (AvgIpc) is 3.98. The van der Waals surface area contributed by atoms with E-state index in [2.05, 4.69) is 187 Å². The van der Waals surface area contributed by atoms with E-state index in [0.717, 1.165) is 0 Å². The molecule has 0 bridgehead atoms. The van der Waals surface area contributed by atoms with Gasteiger partial charge in [0.15, 0.2) is 0 Å². The van der Waals surface area contributed by atoms with E-state index in [1.165, 1.54) is 128 Å². The molecule has 8 aromatic rings. The monoisotopic (exact) mass is 823 g/mol. The summed E-state index contributed by atoms with van der Waals surface area (Å²) in [5, 5.41) is 2.67. The number of hydrogen-bond donors (Lipinski definition) is 0. The molecule has 6 aromatic carbocycles. The van der Waals surface area contributed by atoms with Gasteiger partial charge in [0, 0.05) is 0 Å². The van der Waals surface area contributed by atoms with Crippen LogP contribution in [0.5, 0.6) is 0 Å². The Labute approximate surface area is 349 Å². The summed E-state index contributed by atoms with van der Waals surface area (Å²) in [5.41, 5.74) is 21.6.